The van der Waals surface area contributed by atoms with E-state index in [2.05, 4.69) is 35.5 Å². The van der Waals surface area contributed by atoms with Crippen molar-refractivity contribution in [2.75, 3.05) is 56.5 Å². The van der Waals surface area contributed by atoms with E-state index in [1.165, 1.54) is 0 Å². The maximum absolute atomic E-state index is 13.2. The van der Waals surface area contributed by atoms with Gasteiger partial charge in [-0.25, -0.2) is 0 Å². The highest BCUT2D eigenvalue weighted by Crippen LogP contribution is 2.48. The Balaban J connectivity index is 1.12. The lowest BCUT2D eigenvalue weighted by molar-refractivity contribution is -0.154. The number of likely N-dealkylation sites (tertiary alicyclic amines) is 1. The van der Waals surface area contributed by atoms with Crippen molar-refractivity contribution in [3.05, 3.63) is 64.7 Å². The van der Waals surface area contributed by atoms with Crippen molar-refractivity contribution in [3.63, 3.8) is 0 Å². The van der Waals surface area contributed by atoms with E-state index in [4.69, 9.17) is 21.6 Å². The summed E-state index contributed by atoms with van der Waals surface area (Å²) in [4.78, 5) is 35.6. The maximum atomic E-state index is 13.2. The number of nitrogens with one attached hydrogen (secondary N) is 2. The number of anilines is 3. The van der Waals surface area contributed by atoms with Crippen LogP contribution in [0.2, 0.25) is 5.02 Å². The number of hydrogen-bond acceptors (Lipinski definition) is 9. The van der Waals surface area contributed by atoms with Crippen LogP contribution in [0, 0.1) is 11.5 Å². The van der Waals surface area contributed by atoms with E-state index in [1.807, 2.05) is 23.2 Å². The molecule has 2 saturated heterocycles. The fourth-order valence-electron chi connectivity index (χ4n) is 5.29. The molecule has 46 heavy (non-hydrogen) atoms. The molecule has 0 atom stereocenters. The summed E-state index contributed by atoms with van der Waals surface area (Å²) >= 11 is 6.03. The minimum Gasteiger partial charge on any atom is -0.454 e. The van der Waals surface area contributed by atoms with Crippen LogP contribution in [0.1, 0.15) is 35.2 Å². The number of ether oxygens (including phenoxy) is 1. The molecule has 3 heterocycles. The molecule has 0 unspecified atom stereocenters. The highest BCUT2D eigenvalue weighted by atomic mass is 35.5. The average Bonchev–Trinajstić information content (AvgIpc) is 3.79. The summed E-state index contributed by atoms with van der Waals surface area (Å²) in [7, 11) is 0. The van der Waals surface area contributed by atoms with Gasteiger partial charge in [0.2, 0.25) is 24.0 Å². The topological polar surface area (TPSA) is 135 Å². The molecule has 3 fully saturated rings. The van der Waals surface area contributed by atoms with Crippen LogP contribution in [0.25, 0.3) is 0 Å². The average molecular weight is 655 g/mol. The number of guanidine groups is 1. The van der Waals surface area contributed by atoms with E-state index < -0.39 is 24.3 Å². The van der Waals surface area contributed by atoms with Crippen molar-refractivity contribution in [2.45, 2.75) is 31.0 Å². The second-order valence-corrected chi connectivity index (χ2v) is 11.7. The summed E-state index contributed by atoms with van der Waals surface area (Å²) in [6, 6.07) is 13.4. The van der Waals surface area contributed by atoms with Gasteiger partial charge in [0.05, 0.1) is 5.54 Å². The maximum Gasteiger partial charge on any atom is 0.422 e. The van der Waals surface area contributed by atoms with E-state index in [1.54, 1.807) is 41.3 Å². The smallest absolute Gasteiger partial charge is 0.422 e. The van der Waals surface area contributed by atoms with E-state index in [-0.39, 0.29) is 17.8 Å². The van der Waals surface area contributed by atoms with Gasteiger partial charge < -0.3 is 30.1 Å². The van der Waals surface area contributed by atoms with Gasteiger partial charge in [0.15, 0.2) is 6.61 Å². The van der Waals surface area contributed by atoms with Gasteiger partial charge in [-0.05, 0) is 61.2 Å². The first-order valence-corrected chi connectivity index (χ1v) is 15.1. The number of nitrogens with zero attached hydrogens (tertiary/aromatic N) is 8. The van der Waals surface area contributed by atoms with Crippen LogP contribution in [-0.4, -0.2) is 93.6 Å². The molecule has 1 amide bonds. The molecule has 3 aliphatic rings. The molecular formula is C30H30ClF3N10O2. The first-order chi connectivity index (χ1) is 22.1. The summed E-state index contributed by atoms with van der Waals surface area (Å²) in [6.07, 6.45) is -0.103. The van der Waals surface area contributed by atoms with Gasteiger partial charge in [-0.3, -0.25) is 4.79 Å². The monoisotopic (exact) mass is 654 g/mol. The van der Waals surface area contributed by atoms with Gasteiger partial charge in [-0.1, -0.05) is 23.7 Å². The zero-order valence-corrected chi connectivity index (χ0v) is 25.4. The molecule has 16 heteroatoms. The molecule has 2 N–H and O–H groups in total. The summed E-state index contributed by atoms with van der Waals surface area (Å²) < 4.78 is 43.6. The molecular weight excluding hydrogens is 625 g/mol. The summed E-state index contributed by atoms with van der Waals surface area (Å²) in [5.41, 5.74) is 1.43. The van der Waals surface area contributed by atoms with Gasteiger partial charge in [-0.2, -0.15) is 33.4 Å². The number of hydrogen-bond donors (Lipinski definition) is 2. The lowest BCUT2D eigenvalue weighted by atomic mass is 10.1. The molecule has 0 radical (unpaired) electrons. The lowest BCUT2D eigenvalue weighted by Crippen LogP contribution is -2.57. The van der Waals surface area contributed by atoms with Crippen molar-refractivity contribution in [1.82, 2.24) is 29.7 Å². The number of aromatic nitrogens is 3. The Bertz CT molecular complexity index is 1630. The van der Waals surface area contributed by atoms with Gasteiger partial charge in [0, 0.05) is 55.5 Å². The molecule has 6 rings (SSSR count). The van der Waals surface area contributed by atoms with Crippen molar-refractivity contribution in [2.24, 2.45) is 4.99 Å². The molecule has 1 saturated carbocycles. The first kappa shape index (κ1) is 31.2. The van der Waals surface area contributed by atoms with E-state index in [0.717, 1.165) is 37.9 Å². The van der Waals surface area contributed by atoms with Gasteiger partial charge in [-0.15, -0.1) is 4.99 Å². The third kappa shape index (κ3) is 7.34. The van der Waals surface area contributed by atoms with Crippen molar-refractivity contribution in [1.29, 1.82) is 5.26 Å². The Kier molecular flexibility index (Phi) is 8.72. The molecule has 12 nitrogen and oxygen atoms in total. The molecule has 0 bridgehead atoms. The number of nitriles is 1. The third-order valence-electron chi connectivity index (χ3n) is 8.00. The summed E-state index contributed by atoms with van der Waals surface area (Å²) in [5.74, 6) is 0.538. The third-order valence-corrected chi connectivity index (χ3v) is 8.26. The first-order valence-electron chi connectivity index (χ1n) is 14.7. The van der Waals surface area contributed by atoms with Gasteiger partial charge in [0.1, 0.15) is 0 Å². The predicted octanol–water partition coefficient (Wildman–Crippen LogP) is 4.61. The molecule has 1 aliphatic carbocycles. The Morgan fingerprint density at radius 3 is 2.15 bits per heavy atom. The summed E-state index contributed by atoms with van der Waals surface area (Å²) in [5, 5.41) is 15.9. The van der Waals surface area contributed by atoms with Crippen molar-refractivity contribution in [3.8, 4) is 12.2 Å². The summed E-state index contributed by atoms with van der Waals surface area (Å²) in [6.45, 7) is 2.27. The van der Waals surface area contributed by atoms with Crippen LogP contribution < -0.4 is 15.4 Å². The number of alkyl halides is 3. The van der Waals surface area contributed by atoms with Gasteiger partial charge >= 0.3 is 12.2 Å². The van der Waals surface area contributed by atoms with Crippen molar-refractivity contribution >= 4 is 41.1 Å². The second kappa shape index (κ2) is 12.9. The fourth-order valence-corrected chi connectivity index (χ4v) is 5.42. The molecule has 0 spiro atoms. The van der Waals surface area contributed by atoms with E-state index >= 15 is 0 Å². The molecule has 1 aromatic heterocycles. The number of carbonyl (C=O) groups is 1. The quantitative estimate of drug-likeness (QED) is 0.201. The SMILES string of the molecule is N#CN=C(N1CCC1)N1CCN(C(=O)c2ccc(Nc3nc(NC4(c5ccc(Cl)cc5)CC4)nc(OCC(F)(F)F)n3)cc2)CC1. The number of piperazine rings is 1. The Morgan fingerprint density at radius 1 is 0.935 bits per heavy atom. The second-order valence-electron chi connectivity index (χ2n) is 11.2. The van der Waals surface area contributed by atoms with Crippen LogP contribution in [0.5, 0.6) is 6.01 Å². The van der Waals surface area contributed by atoms with Crippen molar-refractivity contribution < 1.29 is 22.7 Å². The predicted molar refractivity (Wildman–Crippen MR) is 164 cm³/mol. The fraction of sp³-hybridized carbons (Fsp3) is 0.400. The Labute approximate surface area is 267 Å². The molecule has 3 aromatic rings. The minimum atomic E-state index is -4.58. The number of rotatable bonds is 8. The molecule has 240 valence electrons. The van der Waals surface area contributed by atoms with Crippen LogP contribution >= 0.6 is 11.6 Å². The highest BCUT2D eigenvalue weighted by Gasteiger charge is 2.45. The van der Waals surface area contributed by atoms with Crippen LogP contribution in [-0.2, 0) is 5.54 Å². The van der Waals surface area contributed by atoms with E-state index in [9.17, 15) is 18.0 Å². The number of benzene rings is 2. The molecule has 2 aromatic carbocycles. The standard InChI is InChI=1S/C30H30ClF3N10O2/c31-22-6-4-21(5-7-22)29(10-11-29)41-26-38-25(39-27(40-26)46-18-30(32,33)34)37-23-8-2-20(3-9-23)24(45)42-14-16-44(17-15-42)28(36-19-35)43-12-1-13-43/h2-9H,1,10-18H2,(H2,37,38,39,40,41). The van der Waals surface area contributed by atoms with E-state index in [0.29, 0.717) is 48.4 Å². The Morgan fingerprint density at radius 2 is 1.57 bits per heavy atom. The largest absolute Gasteiger partial charge is 0.454 e. The zero-order chi connectivity index (χ0) is 32.3. The highest BCUT2D eigenvalue weighted by molar-refractivity contribution is 6.30. The molecule has 2 aliphatic heterocycles. The Hall–Kier alpha value is -4.84. The van der Waals surface area contributed by atoms with Crippen LogP contribution in [0.3, 0.4) is 0 Å². The van der Waals surface area contributed by atoms with Gasteiger partial charge in [0.25, 0.3) is 5.91 Å². The number of aliphatic imine (C=N–C) groups is 1. The number of halogens is 4. The van der Waals surface area contributed by atoms with Crippen LogP contribution in [0.4, 0.5) is 30.8 Å². The lowest BCUT2D eigenvalue weighted by Gasteiger charge is -2.42. The minimum absolute atomic E-state index is 0.0335. The number of amides is 1. The normalized spacial score (nSPS) is 17.5. The zero-order valence-electron chi connectivity index (χ0n) is 24.6. The number of carbonyl (C=O) groups excluding carboxylic acids is 1. The van der Waals surface area contributed by atoms with Crippen LogP contribution in [0.15, 0.2) is 53.5 Å².